The van der Waals surface area contributed by atoms with E-state index in [1.165, 1.54) is 11.6 Å². The molecule has 0 spiro atoms. The topological polar surface area (TPSA) is 72.8 Å². The third kappa shape index (κ3) is 4.89. The van der Waals surface area contributed by atoms with E-state index in [2.05, 4.69) is 22.9 Å². The summed E-state index contributed by atoms with van der Waals surface area (Å²) in [6, 6.07) is 14.6. The van der Waals surface area contributed by atoms with Crippen molar-refractivity contribution < 1.29 is 15.0 Å². The maximum absolute atomic E-state index is 12.6. The summed E-state index contributed by atoms with van der Waals surface area (Å²) in [5.41, 5.74) is 1.91. The van der Waals surface area contributed by atoms with Gasteiger partial charge in [-0.05, 0) is 79.6 Å². The largest absolute Gasteiger partial charge is 0.508 e. The van der Waals surface area contributed by atoms with Crippen molar-refractivity contribution >= 4 is 12.0 Å². The van der Waals surface area contributed by atoms with Crippen LogP contribution in [0.25, 0.3) is 6.08 Å². The molecule has 0 aromatic heterocycles. The van der Waals surface area contributed by atoms with Gasteiger partial charge in [-0.1, -0.05) is 30.3 Å². The number of benzene rings is 2. The number of hydrogen-bond donors (Lipinski definition) is 3. The Morgan fingerprint density at radius 2 is 1.94 bits per heavy atom. The molecule has 1 saturated carbocycles. The lowest BCUT2D eigenvalue weighted by molar-refractivity contribution is -0.117. The van der Waals surface area contributed by atoms with Gasteiger partial charge in [0.1, 0.15) is 11.5 Å². The lowest BCUT2D eigenvalue weighted by Gasteiger charge is -2.53. The van der Waals surface area contributed by atoms with E-state index >= 15 is 0 Å². The van der Waals surface area contributed by atoms with Crippen molar-refractivity contribution in [1.29, 1.82) is 0 Å². The van der Waals surface area contributed by atoms with Gasteiger partial charge >= 0.3 is 0 Å². The van der Waals surface area contributed by atoms with Crippen molar-refractivity contribution in [2.24, 2.45) is 5.92 Å². The summed E-state index contributed by atoms with van der Waals surface area (Å²) in [5.74, 6) is 0.840. The summed E-state index contributed by atoms with van der Waals surface area (Å²) in [6.45, 7) is 6.78. The molecule has 168 valence electrons. The molecule has 2 fully saturated rings. The number of carbonyl (C=O) groups is 1. The highest BCUT2D eigenvalue weighted by Crippen LogP contribution is 2.49. The zero-order valence-electron chi connectivity index (χ0n) is 18.4. The molecule has 3 N–H and O–H groups in total. The first-order valence-corrected chi connectivity index (χ1v) is 11.4. The van der Waals surface area contributed by atoms with Crippen LogP contribution in [-0.2, 0) is 10.2 Å². The quantitative estimate of drug-likeness (QED) is 0.472. The minimum atomic E-state index is -0.119. The van der Waals surface area contributed by atoms with Gasteiger partial charge in [0.25, 0.3) is 0 Å². The van der Waals surface area contributed by atoms with Gasteiger partial charge in [-0.3, -0.25) is 9.69 Å². The molecule has 0 unspecified atom stereocenters. The number of phenols is 2. The van der Waals surface area contributed by atoms with Crippen molar-refractivity contribution in [3.63, 3.8) is 0 Å². The van der Waals surface area contributed by atoms with Crippen LogP contribution in [0.1, 0.15) is 36.8 Å². The number of piperidine rings is 1. The van der Waals surface area contributed by atoms with Crippen molar-refractivity contribution in [2.75, 3.05) is 19.6 Å². The molecular weight excluding hydrogens is 400 g/mol. The number of nitrogens with one attached hydrogen (secondary N) is 1. The molecule has 1 amide bonds. The Labute approximate surface area is 190 Å². The molecule has 2 aromatic carbocycles. The highest BCUT2D eigenvalue weighted by molar-refractivity contribution is 5.92. The van der Waals surface area contributed by atoms with Crippen LogP contribution < -0.4 is 5.32 Å². The van der Waals surface area contributed by atoms with Gasteiger partial charge in [-0.2, -0.15) is 0 Å². The zero-order chi connectivity index (χ0) is 22.6. The summed E-state index contributed by atoms with van der Waals surface area (Å²) in [4.78, 5) is 15.1. The van der Waals surface area contributed by atoms with Gasteiger partial charge in [-0.25, -0.2) is 0 Å². The molecule has 2 aromatic rings. The highest BCUT2D eigenvalue weighted by Gasteiger charge is 2.48. The van der Waals surface area contributed by atoms with Crippen LogP contribution in [0.5, 0.6) is 11.5 Å². The monoisotopic (exact) mass is 432 g/mol. The minimum Gasteiger partial charge on any atom is -0.508 e. The summed E-state index contributed by atoms with van der Waals surface area (Å²) in [6.07, 6.45) is 9.07. The fourth-order valence-corrected chi connectivity index (χ4v) is 5.55. The Morgan fingerprint density at radius 1 is 1.16 bits per heavy atom. The number of likely N-dealkylation sites (tertiary alicyclic amines) is 1. The fraction of sp³-hybridized carbons (Fsp3) is 0.370. The number of amides is 1. The molecule has 0 bridgehead atoms. The van der Waals surface area contributed by atoms with Crippen LogP contribution in [0.4, 0.5) is 0 Å². The van der Waals surface area contributed by atoms with E-state index < -0.39 is 0 Å². The Bertz CT molecular complexity index is 1000. The second-order valence-corrected chi connectivity index (χ2v) is 9.12. The second kappa shape index (κ2) is 9.61. The van der Waals surface area contributed by atoms with Crippen LogP contribution in [0.2, 0.25) is 0 Å². The molecule has 1 heterocycles. The van der Waals surface area contributed by atoms with Crippen molar-refractivity contribution in [2.45, 2.75) is 37.1 Å². The molecule has 32 heavy (non-hydrogen) atoms. The number of hydrogen-bond acceptors (Lipinski definition) is 4. The van der Waals surface area contributed by atoms with Crippen molar-refractivity contribution in [1.82, 2.24) is 10.2 Å². The van der Waals surface area contributed by atoms with Gasteiger partial charge in [0.2, 0.25) is 5.91 Å². The molecule has 0 radical (unpaired) electrons. The third-order valence-electron chi connectivity index (χ3n) is 7.06. The summed E-state index contributed by atoms with van der Waals surface area (Å²) in [7, 11) is 0. The number of rotatable bonds is 6. The summed E-state index contributed by atoms with van der Waals surface area (Å²) >= 11 is 0. The first-order chi connectivity index (χ1) is 15.5. The maximum Gasteiger partial charge on any atom is 0.244 e. The number of nitrogens with zero attached hydrogens (tertiary/aromatic N) is 1. The van der Waals surface area contributed by atoms with Gasteiger partial charge in [0.15, 0.2) is 0 Å². The number of phenolic OH excluding ortho intramolecular Hbond substituents is 2. The van der Waals surface area contributed by atoms with E-state index in [-0.39, 0.29) is 23.1 Å². The SMILES string of the molecule is C=CCN1CC[C@@]2(c3cccc(O)c3)C[C@H](NC(=O)C=Cc3cccc(O)c3)CC[C@@H]2C1. The third-order valence-corrected chi connectivity index (χ3v) is 7.06. The van der Waals surface area contributed by atoms with E-state index in [9.17, 15) is 15.0 Å². The average Bonchev–Trinajstić information content (AvgIpc) is 2.78. The second-order valence-electron chi connectivity index (χ2n) is 9.12. The van der Waals surface area contributed by atoms with Gasteiger partial charge < -0.3 is 15.5 Å². The normalized spacial score (nSPS) is 25.9. The van der Waals surface area contributed by atoms with Crippen LogP contribution in [0, 0.1) is 5.92 Å². The lowest BCUT2D eigenvalue weighted by Crippen LogP contribution is -2.56. The number of carbonyl (C=O) groups excluding carboxylic acids is 1. The molecular formula is C27H32N2O3. The van der Waals surface area contributed by atoms with Gasteiger partial charge in [0, 0.05) is 30.6 Å². The van der Waals surface area contributed by atoms with Crippen molar-refractivity contribution in [3.05, 3.63) is 78.4 Å². The van der Waals surface area contributed by atoms with Crippen LogP contribution >= 0.6 is 0 Å². The number of fused-ring (bicyclic) bond motifs is 1. The Hall–Kier alpha value is -3.05. The molecule has 1 aliphatic carbocycles. The van der Waals surface area contributed by atoms with Crippen molar-refractivity contribution in [3.8, 4) is 11.5 Å². The molecule has 4 rings (SSSR count). The molecule has 3 atom stereocenters. The van der Waals surface area contributed by atoms with E-state index in [0.29, 0.717) is 11.7 Å². The predicted molar refractivity (Wildman–Crippen MR) is 127 cm³/mol. The molecule has 5 heteroatoms. The molecule has 1 saturated heterocycles. The van der Waals surface area contributed by atoms with E-state index in [1.807, 2.05) is 24.3 Å². The molecule has 5 nitrogen and oxygen atoms in total. The van der Waals surface area contributed by atoms with Crippen LogP contribution in [-0.4, -0.2) is 46.7 Å². The zero-order valence-corrected chi connectivity index (χ0v) is 18.4. The predicted octanol–water partition coefficient (Wildman–Crippen LogP) is 4.23. The van der Waals surface area contributed by atoms with Gasteiger partial charge in [0.05, 0.1) is 0 Å². The Morgan fingerprint density at radius 3 is 2.69 bits per heavy atom. The Balaban J connectivity index is 1.50. The van der Waals surface area contributed by atoms with Gasteiger partial charge in [-0.15, -0.1) is 6.58 Å². The summed E-state index contributed by atoms with van der Waals surface area (Å²) in [5, 5.41) is 23.0. The molecule has 2 aliphatic rings. The minimum absolute atomic E-state index is 0.0540. The Kier molecular flexibility index (Phi) is 6.66. The first-order valence-electron chi connectivity index (χ1n) is 11.4. The van der Waals surface area contributed by atoms with E-state index in [4.69, 9.17) is 0 Å². The summed E-state index contributed by atoms with van der Waals surface area (Å²) < 4.78 is 0. The average molecular weight is 433 g/mol. The van der Waals surface area contributed by atoms with Crippen LogP contribution in [0.3, 0.4) is 0 Å². The van der Waals surface area contributed by atoms with E-state index in [1.54, 1.807) is 30.3 Å². The maximum atomic E-state index is 12.6. The standard InChI is InChI=1S/C27H32N2O3/c1-2-14-29-15-13-27(21-6-4-8-25(31)17-21)18-23(11-10-22(27)19-29)28-26(32)12-9-20-5-3-7-24(30)16-20/h2-9,12,16-17,22-23,30-31H,1,10-11,13-15,18-19H2,(H,28,32)/t22-,23-,27+/m1/s1. The smallest absolute Gasteiger partial charge is 0.244 e. The molecule has 1 aliphatic heterocycles. The fourth-order valence-electron chi connectivity index (χ4n) is 5.55. The van der Waals surface area contributed by atoms with Crippen LogP contribution in [0.15, 0.2) is 67.3 Å². The number of aromatic hydroxyl groups is 2. The highest BCUT2D eigenvalue weighted by atomic mass is 16.3. The lowest BCUT2D eigenvalue weighted by atomic mass is 9.58. The van der Waals surface area contributed by atoms with E-state index in [0.717, 1.165) is 50.9 Å². The first kappa shape index (κ1) is 22.2.